The number of ether oxygens (including phenoxy) is 1. The fourth-order valence-electron chi connectivity index (χ4n) is 3.78. The van der Waals surface area contributed by atoms with E-state index in [9.17, 15) is 24.9 Å². The lowest BCUT2D eigenvalue weighted by atomic mass is 9.94. The molecule has 0 bridgehead atoms. The summed E-state index contributed by atoms with van der Waals surface area (Å²) in [7, 11) is 3.12. The van der Waals surface area contributed by atoms with Crippen LogP contribution in [0.5, 0.6) is 5.75 Å². The Morgan fingerprint density at radius 2 is 1.70 bits per heavy atom. The topological polar surface area (TPSA) is 121 Å². The molecule has 0 saturated carbocycles. The highest BCUT2D eigenvalue weighted by atomic mass is 35.5. The van der Waals surface area contributed by atoms with E-state index in [1.807, 2.05) is 0 Å². The first-order chi connectivity index (χ1) is 15.6. The number of carbonyl (C=O) groups excluding carboxylic acids is 1. The van der Waals surface area contributed by atoms with Gasteiger partial charge in [-0.3, -0.25) is 9.59 Å². The fraction of sp³-hybridized carbons (Fsp3) is 0.304. The number of rotatable bonds is 8. The first-order valence-electron chi connectivity index (χ1n) is 10.1. The molecular formula is C23H24Cl2N2O6. The molecular weight excluding hydrogens is 471 g/mol. The van der Waals surface area contributed by atoms with E-state index in [1.165, 1.54) is 7.11 Å². The average Bonchev–Trinajstić information content (AvgIpc) is 3.11. The van der Waals surface area contributed by atoms with E-state index in [0.29, 0.717) is 34.2 Å². The van der Waals surface area contributed by atoms with Crippen molar-refractivity contribution in [3.63, 3.8) is 0 Å². The predicted octanol–water partition coefficient (Wildman–Crippen LogP) is 3.85. The number of nitrogens with zero attached hydrogens (tertiary/aromatic N) is 1. The maximum absolute atomic E-state index is 13.0. The lowest BCUT2D eigenvalue weighted by molar-refractivity contribution is -0.138. The van der Waals surface area contributed by atoms with Crippen molar-refractivity contribution in [3.05, 3.63) is 63.3 Å². The maximum atomic E-state index is 13.0. The average molecular weight is 495 g/mol. The second-order valence-corrected chi connectivity index (χ2v) is 8.31. The Morgan fingerprint density at radius 1 is 1.09 bits per heavy atom. The molecule has 1 amide bonds. The molecule has 1 aromatic heterocycles. The van der Waals surface area contributed by atoms with Gasteiger partial charge in [-0.15, -0.1) is 0 Å². The van der Waals surface area contributed by atoms with Crippen LogP contribution in [-0.4, -0.2) is 45.2 Å². The summed E-state index contributed by atoms with van der Waals surface area (Å²) >= 11 is 12.6. The Kier molecular flexibility index (Phi) is 7.54. The molecule has 0 radical (unpaired) electrons. The largest absolute Gasteiger partial charge is 0.495 e. The van der Waals surface area contributed by atoms with Crippen LogP contribution in [0.15, 0.2) is 36.4 Å². The Hall–Kier alpha value is -2.78. The van der Waals surface area contributed by atoms with Gasteiger partial charge in [-0.1, -0.05) is 54.4 Å². The number of carboxylic acids is 1. The van der Waals surface area contributed by atoms with Crippen molar-refractivity contribution < 1.29 is 29.6 Å². The van der Waals surface area contributed by atoms with Crippen LogP contribution in [0.1, 0.15) is 46.9 Å². The molecule has 1 heterocycles. The van der Waals surface area contributed by atoms with Gasteiger partial charge in [0.1, 0.15) is 22.5 Å². The number of carbonyl (C=O) groups is 2. The number of methoxy groups -OCH3 is 1. The van der Waals surface area contributed by atoms with Crippen LogP contribution >= 0.6 is 23.2 Å². The second kappa shape index (κ2) is 10.0. The third kappa shape index (κ3) is 4.79. The number of amides is 1. The number of hydrogen-bond acceptors (Lipinski definition) is 5. The van der Waals surface area contributed by atoms with Gasteiger partial charge in [0.2, 0.25) is 0 Å². The fourth-order valence-corrected chi connectivity index (χ4v) is 4.26. The summed E-state index contributed by atoms with van der Waals surface area (Å²) in [4.78, 5) is 24.4. The normalized spacial score (nSPS) is 13.2. The molecule has 33 heavy (non-hydrogen) atoms. The Labute approximate surface area is 200 Å². The highest BCUT2D eigenvalue weighted by Crippen LogP contribution is 2.39. The second-order valence-electron chi connectivity index (χ2n) is 7.56. The molecule has 0 aliphatic rings. The predicted molar refractivity (Wildman–Crippen MR) is 125 cm³/mol. The molecule has 0 spiro atoms. The van der Waals surface area contributed by atoms with Crippen LogP contribution in [-0.2, 0) is 11.8 Å². The van der Waals surface area contributed by atoms with Crippen LogP contribution in [0, 0.1) is 0 Å². The molecule has 0 fully saturated rings. The van der Waals surface area contributed by atoms with Gasteiger partial charge in [0.05, 0.1) is 23.6 Å². The van der Waals surface area contributed by atoms with Crippen molar-refractivity contribution in [2.75, 3.05) is 7.11 Å². The van der Waals surface area contributed by atoms with Gasteiger partial charge in [-0.25, -0.2) is 0 Å². The molecule has 0 saturated heterocycles. The number of benzene rings is 2. The summed E-state index contributed by atoms with van der Waals surface area (Å²) in [5.41, 5.74) is 1.82. The number of carboxylic acid groups (broad SMARTS) is 1. The number of fused-ring (bicyclic) bond motifs is 1. The van der Waals surface area contributed by atoms with Gasteiger partial charge in [0.15, 0.2) is 6.29 Å². The first kappa shape index (κ1) is 24.9. The highest BCUT2D eigenvalue weighted by Gasteiger charge is 2.26. The van der Waals surface area contributed by atoms with E-state index in [0.717, 1.165) is 0 Å². The van der Waals surface area contributed by atoms with Gasteiger partial charge >= 0.3 is 5.97 Å². The number of aliphatic carboxylic acids is 1. The monoisotopic (exact) mass is 494 g/mol. The summed E-state index contributed by atoms with van der Waals surface area (Å²) < 4.78 is 6.82. The third-order valence-corrected chi connectivity index (χ3v) is 6.50. The quantitative estimate of drug-likeness (QED) is 0.353. The van der Waals surface area contributed by atoms with E-state index in [-0.39, 0.29) is 15.7 Å². The number of aliphatic hydroxyl groups excluding tert-OH is 1. The van der Waals surface area contributed by atoms with Crippen LogP contribution in [0.25, 0.3) is 10.9 Å². The van der Waals surface area contributed by atoms with Crippen molar-refractivity contribution in [2.24, 2.45) is 7.05 Å². The van der Waals surface area contributed by atoms with Gasteiger partial charge in [-0.05, 0) is 23.6 Å². The summed E-state index contributed by atoms with van der Waals surface area (Å²) in [6.45, 7) is 1.77. The zero-order valence-electron chi connectivity index (χ0n) is 18.2. The first-order valence-corrected chi connectivity index (χ1v) is 10.9. The molecule has 0 aliphatic carbocycles. The van der Waals surface area contributed by atoms with Crippen LogP contribution < -0.4 is 10.1 Å². The minimum absolute atomic E-state index is 0.218. The minimum atomic E-state index is -1.89. The summed E-state index contributed by atoms with van der Waals surface area (Å²) in [5, 5.41) is 32.8. The smallest absolute Gasteiger partial charge is 0.310 e. The van der Waals surface area contributed by atoms with Crippen molar-refractivity contribution in [1.82, 2.24) is 9.88 Å². The lowest BCUT2D eigenvalue weighted by Crippen LogP contribution is -2.37. The molecule has 2 aromatic carbocycles. The number of nitrogens with one attached hydrogen (secondary N) is 1. The number of halogens is 2. The van der Waals surface area contributed by atoms with Crippen molar-refractivity contribution >= 4 is 46.0 Å². The zero-order valence-corrected chi connectivity index (χ0v) is 19.7. The van der Waals surface area contributed by atoms with Crippen molar-refractivity contribution in [3.8, 4) is 5.75 Å². The zero-order chi connectivity index (χ0) is 24.4. The molecule has 2 atom stereocenters. The molecule has 10 heteroatoms. The maximum Gasteiger partial charge on any atom is 0.310 e. The Morgan fingerprint density at radius 3 is 2.21 bits per heavy atom. The third-order valence-electron chi connectivity index (χ3n) is 5.63. The minimum Gasteiger partial charge on any atom is -0.495 e. The van der Waals surface area contributed by atoms with E-state index in [2.05, 4.69) is 5.32 Å². The molecule has 3 aromatic rings. The summed E-state index contributed by atoms with van der Waals surface area (Å²) in [5.74, 6) is -1.82. The van der Waals surface area contributed by atoms with Crippen molar-refractivity contribution in [2.45, 2.75) is 31.6 Å². The molecule has 3 rings (SSSR count). The summed E-state index contributed by atoms with van der Waals surface area (Å²) in [6, 6.07) is 8.39. The van der Waals surface area contributed by atoms with Crippen LogP contribution in [0.4, 0.5) is 0 Å². The van der Waals surface area contributed by atoms with E-state index >= 15 is 0 Å². The Bertz CT molecular complexity index is 1190. The van der Waals surface area contributed by atoms with Gasteiger partial charge in [-0.2, -0.15) is 0 Å². The van der Waals surface area contributed by atoms with Gasteiger partial charge < -0.3 is 29.9 Å². The molecule has 8 nitrogen and oxygen atoms in total. The SMILES string of the molecule is CCC(C(=O)O)c1ccc([C@H](NC(=O)c2cc3c(Cl)c(Cl)c(OC)cc3n2C)C(O)O)cc1. The molecule has 176 valence electrons. The van der Waals surface area contributed by atoms with Crippen molar-refractivity contribution in [1.29, 1.82) is 0 Å². The number of aryl methyl sites for hydroxylation is 1. The lowest BCUT2D eigenvalue weighted by Gasteiger charge is -2.22. The van der Waals surface area contributed by atoms with E-state index in [4.69, 9.17) is 27.9 Å². The Balaban J connectivity index is 1.93. The van der Waals surface area contributed by atoms with Crippen LogP contribution in [0.3, 0.4) is 0 Å². The number of aliphatic hydroxyl groups is 2. The van der Waals surface area contributed by atoms with Crippen LogP contribution in [0.2, 0.25) is 10.0 Å². The molecule has 4 N–H and O–H groups in total. The van der Waals surface area contributed by atoms with Gasteiger partial charge in [0.25, 0.3) is 5.91 Å². The highest BCUT2D eigenvalue weighted by molar-refractivity contribution is 6.46. The van der Waals surface area contributed by atoms with Gasteiger partial charge in [0, 0.05) is 18.5 Å². The van der Waals surface area contributed by atoms with E-state index in [1.54, 1.807) is 54.9 Å². The molecule has 1 unspecified atom stereocenters. The summed E-state index contributed by atoms with van der Waals surface area (Å²) in [6.07, 6.45) is -1.48. The number of hydrogen-bond donors (Lipinski definition) is 4. The van der Waals surface area contributed by atoms with E-state index < -0.39 is 30.1 Å². The number of aromatic nitrogens is 1. The standard InChI is InChI=1S/C23H24Cl2N2O6/c1-4-13(22(29)30)11-5-7-12(8-6-11)20(23(31)32)26-21(28)16-9-14-15(27(16)2)10-17(33-3)19(25)18(14)24/h5-10,13,20,23,31-32H,4H2,1-3H3,(H,26,28)(H,29,30)/t13?,20-/m0/s1. The molecule has 0 aliphatic heterocycles.